The standard InChI is InChI=1S/C12H13N3O3S/c16-11(9-4-2-6-19-9)13-7-10-14-12(18-15-10)8-3-1-5-17-8/h1,3,5,9H,2,4,6-7H2,(H,13,16). The highest BCUT2D eigenvalue weighted by atomic mass is 32.2. The summed E-state index contributed by atoms with van der Waals surface area (Å²) in [6, 6.07) is 3.49. The van der Waals surface area contributed by atoms with Crippen molar-refractivity contribution in [2.75, 3.05) is 5.75 Å². The van der Waals surface area contributed by atoms with E-state index in [0.29, 0.717) is 17.5 Å². The number of hydrogen-bond acceptors (Lipinski definition) is 6. The third-order valence-electron chi connectivity index (χ3n) is 2.84. The fourth-order valence-corrected chi connectivity index (χ4v) is 3.08. The van der Waals surface area contributed by atoms with Crippen LogP contribution >= 0.6 is 11.8 Å². The molecule has 1 saturated heterocycles. The van der Waals surface area contributed by atoms with Crippen molar-refractivity contribution in [2.24, 2.45) is 0 Å². The Hall–Kier alpha value is -1.76. The van der Waals surface area contributed by atoms with Gasteiger partial charge in [0.15, 0.2) is 11.6 Å². The lowest BCUT2D eigenvalue weighted by atomic mass is 10.2. The Labute approximate surface area is 113 Å². The molecule has 1 atom stereocenters. The van der Waals surface area contributed by atoms with E-state index in [4.69, 9.17) is 8.94 Å². The van der Waals surface area contributed by atoms with Crippen LogP contribution in [0.4, 0.5) is 0 Å². The molecular formula is C12H13N3O3S. The van der Waals surface area contributed by atoms with Crippen LogP contribution < -0.4 is 5.32 Å². The molecule has 2 aromatic rings. The highest BCUT2D eigenvalue weighted by molar-refractivity contribution is 8.00. The smallest absolute Gasteiger partial charge is 0.293 e. The third-order valence-corrected chi connectivity index (χ3v) is 4.22. The Kier molecular flexibility index (Phi) is 3.54. The first-order chi connectivity index (χ1) is 9.33. The lowest BCUT2D eigenvalue weighted by Crippen LogP contribution is -2.31. The van der Waals surface area contributed by atoms with Gasteiger partial charge < -0.3 is 14.3 Å². The minimum atomic E-state index is 0.0480. The molecule has 0 bridgehead atoms. The molecule has 1 N–H and O–H groups in total. The number of aromatic nitrogens is 2. The molecular weight excluding hydrogens is 266 g/mol. The topological polar surface area (TPSA) is 81.2 Å². The van der Waals surface area contributed by atoms with E-state index in [-0.39, 0.29) is 17.7 Å². The van der Waals surface area contributed by atoms with Crippen LogP contribution in [-0.4, -0.2) is 27.1 Å². The van der Waals surface area contributed by atoms with E-state index in [2.05, 4.69) is 15.5 Å². The van der Waals surface area contributed by atoms with Crippen LogP contribution in [-0.2, 0) is 11.3 Å². The molecule has 3 rings (SSSR count). The quantitative estimate of drug-likeness (QED) is 0.919. The summed E-state index contributed by atoms with van der Waals surface area (Å²) in [4.78, 5) is 16.0. The van der Waals surface area contributed by atoms with Gasteiger partial charge in [0.2, 0.25) is 5.91 Å². The van der Waals surface area contributed by atoms with Crippen LogP contribution in [0.2, 0.25) is 0 Å². The van der Waals surface area contributed by atoms with E-state index in [1.165, 1.54) is 6.26 Å². The van der Waals surface area contributed by atoms with Crippen molar-refractivity contribution in [1.29, 1.82) is 0 Å². The second-order valence-electron chi connectivity index (χ2n) is 4.21. The summed E-state index contributed by atoms with van der Waals surface area (Å²) in [6.07, 6.45) is 3.59. The van der Waals surface area contributed by atoms with E-state index >= 15 is 0 Å². The molecule has 1 amide bonds. The van der Waals surface area contributed by atoms with Crippen LogP contribution in [0.1, 0.15) is 18.7 Å². The maximum absolute atomic E-state index is 11.8. The van der Waals surface area contributed by atoms with Crippen molar-refractivity contribution in [1.82, 2.24) is 15.5 Å². The first-order valence-electron chi connectivity index (χ1n) is 6.09. The SMILES string of the molecule is O=C(NCc1noc(-c2ccco2)n1)C1CCCS1. The fraction of sp³-hybridized carbons (Fsp3) is 0.417. The number of hydrogen-bond donors (Lipinski definition) is 1. The zero-order valence-corrected chi connectivity index (χ0v) is 11.0. The van der Waals surface area contributed by atoms with Crippen molar-refractivity contribution in [3.63, 3.8) is 0 Å². The first kappa shape index (κ1) is 12.3. The molecule has 3 heterocycles. The van der Waals surface area contributed by atoms with Crippen LogP contribution in [0.3, 0.4) is 0 Å². The molecule has 19 heavy (non-hydrogen) atoms. The van der Waals surface area contributed by atoms with E-state index in [1.807, 2.05) is 0 Å². The maximum atomic E-state index is 11.8. The Balaban J connectivity index is 1.57. The largest absolute Gasteiger partial charge is 0.459 e. The second-order valence-corrected chi connectivity index (χ2v) is 5.52. The average Bonchev–Trinajstić information content (AvgIpc) is 3.14. The zero-order chi connectivity index (χ0) is 13.1. The highest BCUT2D eigenvalue weighted by Gasteiger charge is 2.23. The van der Waals surface area contributed by atoms with E-state index < -0.39 is 0 Å². The van der Waals surface area contributed by atoms with Crippen molar-refractivity contribution in [3.8, 4) is 11.7 Å². The number of carbonyl (C=O) groups is 1. The highest BCUT2D eigenvalue weighted by Crippen LogP contribution is 2.26. The molecule has 1 unspecified atom stereocenters. The lowest BCUT2D eigenvalue weighted by Gasteiger charge is -2.07. The minimum absolute atomic E-state index is 0.0480. The minimum Gasteiger partial charge on any atom is -0.459 e. The monoisotopic (exact) mass is 279 g/mol. The maximum Gasteiger partial charge on any atom is 0.293 e. The molecule has 1 aliphatic heterocycles. The van der Waals surface area contributed by atoms with Crippen molar-refractivity contribution in [3.05, 3.63) is 24.2 Å². The number of rotatable bonds is 4. The van der Waals surface area contributed by atoms with Crippen LogP contribution in [0.25, 0.3) is 11.7 Å². The number of thioether (sulfide) groups is 1. The van der Waals surface area contributed by atoms with Gasteiger partial charge in [-0.3, -0.25) is 4.79 Å². The van der Waals surface area contributed by atoms with E-state index in [0.717, 1.165) is 18.6 Å². The molecule has 7 heteroatoms. The molecule has 6 nitrogen and oxygen atoms in total. The van der Waals surface area contributed by atoms with Gasteiger partial charge in [0, 0.05) is 0 Å². The second kappa shape index (κ2) is 5.48. The van der Waals surface area contributed by atoms with Gasteiger partial charge in [0.05, 0.1) is 18.1 Å². The molecule has 0 aliphatic carbocycles. The number of nitrogens with zero attached hydrogens (tertiary/aromatic N) is 2. The molecule has 0 spiro atoms. The molecule has 0 aromatic carbocycles. The van der Waals surface area contributed by atoms with Crippen LogP contribution in [0.15, 0.2) is 27.3 Å². The summed E-state index contributed by atoms with van der Waals surface area (Å²) in [7, 11) is 0. The molecule has 100 valence electrons. The molecule has 2 aromatic heterocycles. The number of carbonyl (C=O) groups excluding carboxylic acids is 1. The average molecular weight is 279 g/mol. The van der Waals surface area contributed by atoms with Gasteiger partial charge in [0.25, 0.3) is 5.89 Å². The predicted octanol–water partition coefficient (Wildman–Crippen LogP) is 1.84. The Morgan fingerprint density at radius 2 is 2.53 bits per heavy atom. The van der Waals surface area contributed by atoms with Gasteiger partial charge in [-0.25, -0.2) is 0 Å². The Bertz CT molecular complexity index is 546. The summed E-state index contributed by atoms with van der Waals surface area (Å²) in [5, 5.41) is 6.69. The van der Waals surface area contributed by atoms with Gasteiger partial charge in [-0.05, 0) is 30.7 Å². The van der Waals surface area contributed by atoms with Gasteiger partial charge in [-0.1, -0.05) is 5.16 Å². The van der Waals surface area contributed by atoms with Crippen molar-refractivity contribution < 1.29 is 13.7 Å². The van der Waals surface area contributed by atoms with Gasteiger partial charge in [-0.2, -0.15) is 4.98 Å². The van der Waals surface area contributed by atoms with Gasteiger partial charge in [-0.15, -0.1) is 11.8 Å². The summed E-state index contributed by atoms with van der Waals surface area (Å²) in [5.74, 6) is 2.40. The molecule has 1 fully saturated rings. The van der Waals surface area contributed by atoms with Crippen molar-refractivity contribution in [2.45, 2.75) is 24.6 Å². The van der Waals surface area contributed by atoms with Crippen LogP contribution in [0, 0.1) is 0 Å². The predicted molar refractivity (Wildman–Crippen MR) is 69.3 cm³/mol. The summed E-state index contributed by atoms with van der Waals surface area (Å²) >= 11 is 1.70. The van der Waals surface area contributed by atoms with E-state index in [1.54, 1.807) is 23.9 Å². The lowest BCUT2D eigenvalue weighted by molar-refractivity contribution is -0.120. The third kappa shape index (κ3) is 2.81. The summed E-state index contributed by atoms with van der Waals surface area (Å²) < 4.78 is 10.2. The van der Waals surface area contributed by atoms with Gasteiger partial charge >= 0.3 is 0 Å². The number of amides is 1. The van der Waals surface area contributed by atoms with Crippen LogP contribution in [0.5, 0.6) is 0 Å². The Morgan fingerprint density at radius 3 is 3.26 bits per heavy atom. The fourth-order valence-electron chi connectivity index (χ4n) is 1.89. The molecule has 1 aliphatic rings. The zero-order valence-electron chi connectivity index (χ0n) is 10.2. The summed E-state index contributed by atoms with van der Waals surface area (Å²) in [5.41, 5.74) is 0. The van der Waals surface area contributed by atoms with Gasteiger partial charge in [0.1, 0.15) is 0 Å². The Morgan fingerprint density at radius 1 is 1.58 bits per heavy atom. The van der Waals surface area contributed by atoms with E-state index in [9.17, 15) is 4.79 Å². The molecule has 0 saturated carbocycles. The normalized spacial score (nSPS) is 18.6. The summed E-state index contributed by atoms with van der Waals surface area (Å²) in [6.45, 7) is 0.278. The van der Waals surface area contributed by atoms with Crippen molar-refractivity contribution >= 4 is 17.7 Å². The number of furan rings is 1. The molecule has 0 radical (unpaired) electrons. The first-order valence-corrected chi connectivity index (χ1v) is 7.13. The number of nitrogens with one attached hydrogen (secondary N) is 1.